The van der Waals surface area contributed by atoms with Gasteiger partial charge in [-0.15, -0.1) is 0 Å². The quantitative estimate of drug-likeness (QED) is 0.526. The first-order valence-electron chi connectivity index (χ1n) is 4.53. The molecule has 1 rings (SSSR count). The third-order valence-electron chi connectivity index (χ3n) is 1.95. The van der Waals surface area contributed by atoms with Gasteiger partial charge in [0.2, 0.25) is 0 Å². The predicted octanol–water partition coefficient (Wildman–Crippen LogP) is 0.314. The highest BCUT2D eigenvalue weighted by Crippen LogP contribution is 2.26. The van der Waals surface area contributed by atoms with Crippen LogP contribution in [0.4, 0.5) is 0 Å². The van der Waals surface area contributed by atoms with E-state index in [1.807, 2.05) is 0 Å². The minimum atomic E-state index is -0.934. The average Bonchev–Trinajstić information content (AvgIpc) is 2.15. The number of nitrogens with one attached hydrogen (secondary N) is 1. The maximum atomic E-state index is 10.2. The van der Waals surface area contributed by atoms with E-state index in [1.165, 1.54) is 12.1 Å². The van der Waals surface area contributed by atoms with Gasteiger partial charge in [0.05, 0.1) is 6.54 Å². The van der Waals surface area contributed by atoms with E-state index >= 15 is 0 Å². The largest absolute Gasteiger partial charge is 0.508 e. The maximum absolute atomic E-state index is 10.2. The average molecular weight is 211 g/mol. The summed E-state index contributed by atoms with van der Waals surface area (Å²) >= 11 is 0. The van der Waals surface area contributed by atoms with E-state index in [0.29, 0.717) is 18.5 Å². The first-order chi connectivity index (χ1) is 7.11. The Morgan fingerprint density at radius 1 is 1.27 bits per heavy atom. The molecule has 0 saturated carbocycles. The van der Waals surface area contributed by atoms with E-state index in [2.05, 4.69) is 5.32 Å². The van der Waals surface area contributed by atoms with Gasteiger partial charge in [-0.3, -0.25) is 4.79 Å². The second-order valence-electron chi connectivity index (χ2n) is 3.10. The Balaban J connectivity index is 2.47. The number of benzene rings is 1. The van der Waals surface area contributed by atoms with Crippen molar-refractivity contribution in [1.29, 1.82) is 0 Å². The first-order valence-corrected chi connectivity index (χ1v) is 4.53. The van der Waals surface area contributed by atoms with Crippen LogP contribution in [0.3, 0.4) is 0 Å². The standard InChI is InChI=1S/C10H13NO4/c12-8-2-1-3-9(13)7(8)4-5-11-6-10(14)15/h1-3,11-13H,4-6H2,(H,14,15). The lowest BCUT2D eigenvalue weighted by Crippen LogP contribution is -2.24. The Bertz CT molecular complexity index is 331. The van der Waals surface area contributed by atoms with Crippen LogP contribution in [0.2, 0.25) is 0 Å². The van der Waals surface area contributed by atoms with Gasteiger partial charge in [-0.1, -0.05) is 6.07 Å². The molecule has 0 unspecified atom stereocenters. The molecular formula is C10H13NO4. The molecule has 0 amide bonds. The van der Waals surface area contributed by atoms with Gasteiger partial charge in [-0.25, -0.2) is 0 Å². The Labute approximate surface area is 87.0 Å². The molecule has 0 aromatic heterocycles. The number of carboxylic acids is 1. The molecule has 0 spiro atoms. The number of carbonyl (C=O) groups is 1. The zero-order valence-corrected chi connectivity index (χ0v) is 8.10. The molecule has 82 valence electrons. The summed E-state index contributed by atoms with van der Waals surface area (Å²) in [6, 6.07) is 4.50. The van der Waals surface area contributed by atoms with Gasteiger partial charge in [0.15, 0.2) is 0 Å². The molecule has 0 fully saturated rings. The van der Waals surface area contributed by atoms with Crippen LogP contribution in [0.25, 0.3) is 0 Å². The fraction of sp³-hybridized carbons (Fsp3) is 0.300. The van der Waals surface area contributed by atoms with Crippen LogP contribution >= 0.6 is 0 Å². The van der Waals surface area contributed by atoms with Crippen LogP contribution in [0.1, 0.15) is 5.56 Å². The lowest BCUT2D eigenvalue weighted by molar-refractivity contribution is -0.135. The monoisotopic (exact) mass is 211 g/mol. The number of aromatic hydroxyl groups is 2. The number of carboxylic acid groups (broad SMARTS) is 1. The molecule has 4 N–H and O–H groups in total. The zero-order chi connectivity index (χ0) is 11.3. The molecule has 0 aliphatic heterocycles. The van der Waals surface area contributed by atoms with Crippen molar-refractivity contribution in [3.8, 4) is 11.5 Å². The Morgan fingerprint density at radius 3 is 2.40 bits per heavy atom. The van der Waals surface area contributed by atoms with Gasteiger partial charge in [-0.2, -0.15) is 0 Å². The van der Waals surface area contributed by atoms with E-state index in [1.54, 1.807) is 6.07 Å². The van der Waals surface area contributed by atoms with Gasteiger partial charge in [-0.05, 0) is 25.1 Å². The lowest BCUT2D eigenvalue weighted by atomic mass is 10.1. The molecule has 0 aliphatic rings. The van der Waals surface area contributed by atoms with Crippen LogP contribution in [0, 0.1) is 0 Å². The number of aliphatic carboxylic acids is 1. The molecule has 0 aliphatic carbocycles. The SMILES string of the molecule is O=C(O)CNCCc1c(O)cccc1O. The van der Waals surface area contributed by atoms with E-state index in [4.69, 9.17) is 5.11 Å². The molecule has 0 saturated heterocycles. The molecule has 1 aromatic rings. The highest BCUT2D eigenvalue weighted by Gasteiger charge is 2.06. The summed E-state index contributed by atoms with van der Waals surface area (Å²) in [7, 11) is 0. The first kappa shape index (κ1) is 11.3. The van der Waals surface area contributed by atoms with Gasteiger partial charge >= 0.3 is 5.97 Å². The zero-order valence-electron chi connectivity index (χ0n) is 8.10. The highest BCUT2D eigenvalue weighted by molar-refractivity contribution is 5.68. The van der Waals surface area contributed by atoms with E-state index in [0.717, 1.165) is 0 Å². The van der Waals surface area contributed by atoms with Crippen LogP contribution in [0.15, 0.2) is 18.2 Å². The van der Waals surface area contributed by atoms with Crippen molar-refractivity contribution in [1.82, 2.24) is 5.32 Å². The normalized spacial score (nSPS) is 10.1. The van der Waals surface area contributed by atoms with Gasteiger partial charge < -0.3 is 20.6 Å². The smallest absolute Gasteiger partial charge is 0.317 e. The summed E-state index contributed by atoms with van der Waals surface area (Å²) < 4.78 is 0. The molecule has 15 heavy (non-hydrogen) atoms. The maximum Gasteiger partial charge on any atom is 0.317 e. The predicted molar refractivity (Wildman–Crippen MR) is 54.0 cm³/mol. The Kier molecular flexibility index (Phi) is 3.93. The van der Waals surface area contributed by atoms with E-state index in [9.17, 15) is 15.0 Å². The van der Waals surface area contributed by atoms with Crippen molar-refractivity contribution >= 4 is 5.97 Å². The Hall–Kier alpha value is -1.75. The van der Waals surface area contributed by atoms with E-state index < -0.39 is 5.97 Å². The Morgan fingerprint density at radius 2 is 1.87 bits per heavy atom. The summed E-state index contributed by atoms with van der Waals surface area (Å²) in [5.74, 6) is -0.893. The number of hydrogen-bond acceptors (Lipinski definition) is 4. The summed E-state index contributed by atoms with van der Waals surface area (Å²) in [4.78, 5) is 10.2. The third kappa shape index (κ3) is 3.47. The number of phenols is 2. The lowest BCUT2D eigenvalue weighted by Gasteiger charge is -2.06. The summed E-state index contributed by atoms with van der Waals surface area (Å²) in [5, 5.41) is 29.8. The highest BCUT2D eigenvalue weighted by atomic mass is 16.4. The summed E-state index contributed by atoms with van der Waals surface area (Å²) in [6.07, 6.45) is 0.381. The molecule has 1 aromatic carbocycles. The number of phenolic OH excluding ortho intramolecular Hbond substituents is 2. The summed E-state index contributed by atoms with van der Waals surface area (Å²) in [5.41, 5.74) is 0.426. The van der Waals surface area contributed by atoms with Crippen molar-refractivity contribution in [3.05, 3.63) is 23.8 Å². The van der Waals surface area contributed by atoms with Crippen molar-refractivity contribution in [2.75, 3.05) is 13.1 Å². The van der Waals surface area contributed by atoms with Crippen LogP contribution in [-0.4, -0.2) is 34.4 Å². The van der Waals surface area contributed by atoms with Crippen molar-refractivity contribution in [2.45, 2.75) is 6.42 Å². The molecule has 0 bridgehead atoms. The molecule has 0 atom stereocenters. The van der Waals surface area contributed by atoms with Crippen molar-refractivity contribution in [2.24, 2.45) is 0 Å². The van der Waals surface area contributed by atoms with E-state index in [-0.39, 0.29) is 18.0 Å². The van der Waals surface area contributed by atoms with Gasteiger partial charge in [0, 0.05) is 5.56 Å². The fourth-order valence-electron chi connectivity index (χ4n) is 1.23. The minimum Gasteiger partial charge on any atom is -0.508 e. The second kappa shape index (κ2) is 5.21. The summed E-state index contributed by atoms with van der Waals surface area (Å²) in [6.45, 7) is 0.256. The molecular weight excluding hydrogens is 198 g/mol. The van der Waals surface area contributed by atoms with Crippen molar-refractivity contribution in [3.63, 3.8) is 0 Å². The second-order valence-corrected chi connectivity index (χ2v) is 3.10. The number of rotatable bonds is 5. The van der Waals surface area contributed by atoms with Crippen LogP contribution in [0.5, 0.6) is 11.5 Å². The minimum absolute atomic E-state index is 0.0205. The topological polar surface area (TPSA) is 89.8 Å². The molecule has 0 radical (unpaired) electrons. The van der Waals surface area contributed by atoms with Crippen molar-refractivity contribution < 1.29 is 20.1 Å². The molecule has 5 nitrogen and oxygen atoms in total. The van der Waals surface area contributed by atoms with Crippen LogP contribution in [-0.2, 0) is 11.2 Å². The van der Waals surface area contributed by atoms with Gasteiger partial charge in [0.25, 0.3) is 0 Å². The molecule has 0 heterocycles. The van der Waals surface area contributed by atoms with Gasteiger partial charge in [0.1, 0.15) is 11.5 Å². The number of hydrogen-bond donors (Lipinski definition) is 4. The van der Waals surface area contributed by atoms with Crippen LogP contribution < -0.4 is 5.32 Å². The molecule has 5 heteroatoms. The fourth-order valence-corrected chi connectivity index (χ4v) is 1.23. The third-order valence-corrected chi connectivity index (χ3v) is 1.95.